The van der Waals surface area contributed by atoms with Gasteiger partial charge in [0.2, 0.25) is 0 Å². The van der Waals surface area contributed by atoms with E-state index in [9.17, 15) is 14.9 Å². The highest BCUT2D eigenvalue weighted by Crippen LogP contribution is 2.21. The lowest BCUT2D eigenvalue weighted by Gasteiger charge is -2.03. The fourth-order valence-corrected chi connectivity index (χ4v) is 3.03. The van der Waals surface area contributed by atoms with E-state index in [1.807, 2.05) is 6.07 Å². The number of carbonyl (C=O) groups excluding carboxylic acids is 1. The van der Waals surface area contributed by atoms with Crippen LogP contribution in [-0.2, 0) is 6.42 Å². The Morgan fingerprint density at radius 1 is 1.05 bits per heavy atom. The lowest BCUT2D eigenvalue weighted by molar-refractivity contribution is -0.384. The molecule has 0 saturated heterocycles. The van der Waals surface area contributed by atoms with Gasteiger partial charge in [-0.15, -0.1) is 0 Å². The zero-order valence-electron chi connectivity index (χ0n) is 10.2. The summed E-state index contributed by atoms with van der Waals surface area (Å²) in [7, 11) is 0. The Kier molecular flexibility index (Phi) is 4.67. The summed E-state index contributed by atoms with van der Waals surface area (Å²) >= 11 is 6.67. The number of ketones is 1. The predicted molar refractivity (Wildman–Crippen MR) is 83.0 cm³/mol. The van der Waals surface area contributed by atoms with Crippen LogP contribution in [0.1, 0.15) is 15.9 Å². The summed E-state index contributed by atoms with van der Waals surface area (Å²) in [5.41, 5.74) is 1.35. The van der Waals surface area contributed by atoms with Crippen molar-refractivity contribution < 1.29 is 9.72 Å². The van der Waals surface area contributed by atoms with Crippen molar-refractivity contribution in [2.45, 2.75) is 6.42 Å². The van der Waals surface area contributed by atoms with Gasteiger partial charge in [-0.25, -0.2) is 0 Å². The molecule has 0 N–H and O–H groups in total. The van der Waals surface area contributed by atoms with Gasteiger partial charge in [0, 0.05) is 33.1 Å². The van der Waals surface area contributed by atoms with E-state index >= 15 is 0 Å². The molecule has 0 fully saturated rings. The number of carbonyl (C=O) groups is 1. The van der Waals surface area contributed by atoms with Crippen LogP contribution in [0, 0.1) is 10.1 Å². The highest BCUT2D eigenvalue weighted by Gasteiger charge is 2.10. The topological polar surface area (TPSA) is 60.2 Å². The lowest BCUT2D eigenvalue weighted by atomic mass is 10.0. The Labute approximate surface area is 132 Å². The first-order valence-electron chi connectivity index (χ1n) is 5.68. The number of nitro groups is 1. The Morgan fingerprint density at radius 3 is 2.10 bits per heavy atom. The van der Waals surface area contributed by atoms with Gasteiger partial charge in [0.1, 0.15) is 0 Å². The van der Waals surface area contributed by atoms with Crippen LogP contribution < -0.4 is 0 Å². The summed E-state index contributed by atoms with van der Waals surface area (Å²) in [6, 6.07) is 11.4. The van der Waals surface area contributed by atoms with Gasteiger partial charge in [-0.2, -0.15) is 0 Å². The highest BCUT2D eigenvalue weighted by atomic mass is 79.9. The number of nitro benzene ring substituents is 1. The standard InChI is InChI=1S/C14H9Br2NO3/c15-11-6-10(7-12(16)8-11)14(18)5-9-1-3-13(4-2-9)17(19)20/h1-4,6-8H,5H2. The van der Waals surface area contributed by atoms with Crippen LogP contribution in [-0.4, -0.2) is 10.7 Å². The monoisotopic (exact) mass is 397 g/mol. The molecule has 0 aliphatic carbocycles. The number of hydrogen-bond acceptors (Lipinski definition) is 3. The van der Waals surface area contributed by atoms with Crippen LogP contribution in [0.25, 0.3) is 0 Å². The predicted octanol–water partition coefficient (Wildman–Crippen LogP) is 4.55. The summed E-state index contributed by atoms with van der Waals surface area (Å²) in [6.45, 7) is 0. The van der Waals surface area contributed by atoms with Crippen LogP contribution in [0.4, 0.5) is 5.69 Å². The van der Waals surface area contributed by atoms with E-state index in [-0.39, 0.29) is 17.9 Å². The molecular formula is C14H9Br2NO3. The zero-order chi connectivity index (χ0) is 14.7. The maximum atomic E-state index is 12.2. The number of hydrogen-bond donors (Lipinski definition) is 0. The van der Waals surface area contributed by atoms with Crippen LogP contribution in [0.2, 0.25) is 0 Å². The van der Waals surface area contributed by atoms with Gasteiger partial charge in [0.05, 0.1) is 4.92 Å². The first-order valence-corrected chi connectivity index (χ1v) is 7.27. The lowest BCUT2D eigenvalue weighted by Crippen LogP contribution is -2.03. The van der Waals surface area contributed by atoms with E-state index in [2.05, 4.69) is 31.9 Å². The molecular weight excluding hydrogens is 390 g/mol. The second-order valence-corrected chi connectivity index (χ2v) is 6.01. The smallest absolute Gasteiger partial charge is 0.269 e. The van der Waals surface area contributed by atoms with Crippen molar-refractivity contribution in [3.63, 3.8) is 0 Å². The SMILES string of the molecule is O=C(Cc1ccc([N+](=O)[O-])cc1)c1cc(Br)cc(Br)c1. The number of rotatable bonds is 4. The quantitative estimate of drug-likeness (QED) is 0.431. The Hall–Kier alpha value is -1.53. The van der Waals surface area contributed by atoms with Gasteiger partial charge in [-0.05, 0) is 23.8 Å². The van der Waals surface area contributed by atoms with E-state index in [4.69, 9.17) is 0 Å². The van der Waals surface area contributed by atoms with Crippen LogP contribution >= 0.6 is 31.9 Å². The summed E-state index contributed by atoms with van der Waals surface area (Å²) in [5.74, 6) is -0.0409. The van der Waals surface area contributed by atoms with Gasteiger partial charge in [0.25, 0.3) is 5.69 Å². The molecule has 0 aliphatic heterocycles. The number of nitrogens with zero attached hydrogens (tertiary/aromatic N) is 1. The molecule has 0 saturated carbocycles. The molecule has 2 aromatic carbocycles. The largest absolute Gasteiger partial charge is 0.294 e. The Morgan fingerprint density at radius 2 is 1.60 bits per heavy atom. The minimum absolute atomic E-state index is 0.0198. The van der Waals surface area contributed by atoms with Crippen LogP contribution in [0.15, 0.2) is 51.4 Å². The molecule has 4 nitrogen and oxygen atoms in total. The normalized spacial score (nSPS) is 10.3. The van der Waals surface area contributed by atoms with E-state index in [0.717, 1.165) is 14.5 Å². The maximum absolute atomic E-state index is 12.2. The second kappa shape index (κ2) is 6.28. The van der Waals surface area contributed by atoms with Crippen LogP contribution in [0.3, 0.4) is 0 Å². The first kappa shape index (κ1) is 14.9. The molecule has 0 bridgehead atoms. The van der Waals surface area contributed by atoms with Crippen molar-refractivity contribution in [1.29, 1.82) is 0 Å². The molecule has 0 radical (unpaired) electrons. The van der Waals surface area contributed by atoms with E-state index in [1.54, 1.807) is 24.3 Å². The van der Waals surface area contributed by atoms with Crippen molar-refractivity contribution in [3.8, 4) is 0 Å². The number of halogens is 2. The fourth-order valence-electron chi connectivity index (χ4n) is 1.74. The van der Waals surface area contributed by atoms with Crippen molar-refractivity contribution in [3.05, 3.63) is 72.7 Å². The number of benzene rings is 2. The van der Waals surface area contributed by atoms with Crippen molar-refractivity contribution in [2.24, 2.45) is 0 Å². The third-order valence-corrected chi connectivity index (χ3v) is 3.61. The van der Waals surface area contributed by atoms with Gasteiger partial charge < -0.3 is 0 Å². The summed E-state index contributed by atoms with van der Waals surface area (Å²) in [4.78, 5) is 22.3. The van der Waals surface area contributed by atoms with Crippen molar-refractivity contribution in [2.75, 3.05) is 0 Å². The molecule has 0 aromatic heterocycles. The fraction of sp³-hybridized carbons (Fsp3) is 0.0714. The molecule has 102 valence electrons. The third kappa shape index (κ3) is 3.74. The molecule has 6 heteroatoms. The van der Waals surface area contributed by atoms with Gasteiger partial charge >= 0.3 is 0 Å². The van der Waals surface area contributed by atoms with E-state index in [0.29, 0.717) is 5.56 Å². The van der Waals surface area contributed by atoms with Gasteiger partial charge in [-0.1, -0.05) is 44.0 Å². The molecule has 20 heavy (non-hydrogen) atoms. The Balaban J connectivity index is 2.16. The average Bonchev–Trinajstić information content (AvgIpc) is 2.38. The van der Waals surface area contributed by atoms with Crippen LogP contribution in [0.5, 0.6) is 0 Å². The minimum Gasteiger partial charge on any atom is -0.294 e. The first-order chi connectivity index (χ1) is 9.45. The van der Waals surface area contributed by atoms with Crippen molar-refractivity contribution in [1.82, 2.24) is 0 Å². The van der Waals surface area contributed by atoms with E-state index in [1.165, 1.54) is 12.1 Å². The third-order valence-electron chi connectivity index (χ3n) is 2.70. The second-order valence-electron chi connectivity index (χ2n) is 4.18. The highest BCUT2D eigenvalue weighted by molar-refractivity contribution is 9.11. The summed E-state index contributed by atoms with van der Waals surface area (Å²) in [5, 5.41) is 10.6. The zero-order valence-corrected chi connectivity index (χ0v) is 13.3. The van der Waals surface area contributed by atoms with Crippen molar-refractivity contribution >= 4 is 43.3 Å². The molecule has 0 unspecified atom stereocenters. The number of non-ortho nitro benzene ring substituents is 1. The molecule has 0 amide bonds. The summed E-state index contributed by atoms with van der Waals surface area (Å²) in [6.07, 6.45) is 0.209. The van der Waals surface area contributed by atoms with Gasteiger partial charge in [-0.3, -0.25) is 14.9 Å². The molecule has 2 rings (SSSR count). The van der Waals surface area contributed by atoms with Gasteiger partial charge in [0.15, 0.2) is 5.78 Å². The molecule has 0 spiro atoms. The molecule has 2 aromatic rings. The molecule has 0 aliphatic rings. The summed E-state index contributed by atoms with van der Waals surface area (Å²) < 4.78 is 1.64. The molecule has 0 heterocycles. The Bertz CT molecular complexity index is 648. The average molecular weight is 399 g/mol. The van der Waals surface area contributed by atoms with E-state index < -0.39 is 4.92 Å². The minimum atomic E-state index is -0.461. The molecule has 0 atom stereocenters. The number of Topliss-reactive ketones (excluding diaryl/α,β-unsaturated/α-hetero) is 1. The maximum Gasteiger partial charge on any atom is 0.269 e.